The minimum atomic E-state index is 0.625. The van der Waals surface area contributed by atoms with Gasteiger partial charge in [-0.3, -0.25) is 0 Å². The second-order valence-electron chi connectivity index (χ2n) is 5.19. The molecule has 17 heavy (non-hydrogen) atoms. The molecule has 2 rings (SSSR count). The highest BCUT2D eigenvalue weighted by Gasteiger charge is 2.21. The number of hydrogen-bond donors (Lipinski definition) is 1. The Morgan fingerprint density at radius 3 is 3.00 bits per heavy atom. The van der Waals surface area contributed by atoms with E-state index in [1.54, 1.807) is 0 Å². The molecule has 1 saturated heterocycles. The van der Waals surface area contributed by atoms with E-state index in [1.807, 2.05) is 12.5 Å². The van der Waals surface area contributed by atoms with Crippen molar-refractivity contribution in [2.75, 3.05) is 26.3 Å². The zero-order chi connectivity index (χ0) is 12.1. The predicted molar refractivity (Wildman–Crippen MR) is 68.1 cm³/mol. The van der Waals surface area contributed by atoms with Gasteiger partial charge in [0.05, 0.1) is 6.33 Å². The number of aromatic nitrogens is 2. The fraction of sp³-hybridized carbons (Fsp3) is 0.769. The molecule has 0 bridgehead atoms. The maximum Gasteiger partial charge on any atom is 0.0948 e. The van der Waals surface area contributed by atoms with Crippen LogP contribution in [0.4, 0.5) is 0 Å². The van der Waals surface area contributed by atoms with Crippen LogP contribution >= 0.6 is 0 Å². The third kappa shape index (κ3) is 3.54. The Balaban J connectivity index is 1.69. The van der Waals surface area contributed by atoms with Gasteiger partial charge in [0.1, 0.15) is 0 Å². The van der Waals surface area contributed by atoms with Crippen molar-refractivity contribution < 1.29 is 4.74 Å². The quantitative estimate of drug-likeness (QED) is 0.733. The number of aryl methyl sites for hydroxylation is 1. The summed E-state index contributed by atoms with van der Waals surface area (Å²) in [5, 5.41) is 3.30. The Labute approximate surface area is 103 Å². The molecular weight excluding hydrogens is 214 g/mol. The van der Waals surface area contributed by atoms with E-state index in [2.05, 4.69) is 28.7 Å². The largest absolute Gasteiger partial charge is 0.381 e. The van der Waals surface area contributed by atoms with Crippen molar-refractivity contribution in [3.8, 4) is 0 Å². The van der Waals surface area contributed by atoms with Crippen LogP contribution in [0.3, 0.4) is 0 Å². The molecule has 2 heterocycles. The molecule has 96 valence electrons. The van der Waals surface area contributed by atoms with Gasteiger partial charge in [-0.15, -0.1) is 0 Å². The zero-order valence-corrected chi connectivity index (χ0v) is 10.9. The highest BCUT2D eigenvalue weighted by Crippen LogP contribution is 2.19. The van der Waals surface area contributed by atoms with Crippen LogP contribution in [0.5, 0.6) is 0 Å². The van der Waals surface area contributed by atoms with Crippen molar-refractivity contribution in [1.82, 2.24) is 14.9 Å². The number of ether oxygens (including phenoxy) is 1. The lowest BCUT2D eigenvalue weighted by Gasteiger charge is -2.27. The maximum atomic E-state index is 5.59. The molecule has 1 N–H and O–H groups in total. The second-order valence-corrected chi connectivity index (χ2v) is 5.19. The van der Waals surface area contributed by atoms with Crippen molar-refractivity contribution in [2.45, 2.75) is 32.7 Å². The Morgan fingerprint density at radius 1 is 1.53 bits per heavy atom. The molecule has 1 aromatic heterocycles. The molecule has 0 radical (unpaired) electrons. The second kappa shape index (κ2) is 6.17. The van der Waals surface area contributed by atoms with Gasteiger partial charge in [0.2, 0.25) is 0 Å². The number of nitrogens with one attached hydrogen (secondary N) is 1. The van der Waals surface area contributed by atoms with E-state index in [4.69, 9.17) is 4.74 Å². The van der Waals surface area contributed by atoms with E-state index in [0.717, 1.165) is 39.3 Å². The van der Waals surface area contributed by atoms with Crippen molar-refractivity contribution in [2.24, 2.45) is 5.92 Å². The standard InChI is InChI=1S/C13H23N3O/c1-11(2)9-17-5-3-4-16-10-15-8-13(16)12-6-14-7-12/h8,10-12,14H,3-7,9H2,1-2H3. The van der Waals surface area contributed by atoms with Crippen LogP contribution < -0.4 is 5.32 Å². The fourth-order valence-electron chi connectivity index (χ4n) is 2.01. The van der Waals surface area contributed by atoms with Gasteiger partial charge in [-0.05, 0) is 12.3 Å². The Morgan fingerprint density at radius 2 is 2.35 bits per heavy atom. The van der Waals surface area contributed by atoms with Crippen LogP contribution in [0.1, 0.15) is 31.9 Å². The van der Waals surface area contributed by atoms with E-state index in [-0.39, 0.29) is 0 Å². The highest BCUT2D eigenvalue weighted by atomic mass is 16.5. The average Bonchev–Trinajstić information content (AvgIpc) is 2.63. The molecule has 0 aromatic carbocycles. The van der Waals surface area contributed by atoms with Crippen LogP contribution in [-0.2, 0) is 11.3 Å². The van der Waals surface area contributed by atoms with E-state index in [1.165, 1.54) is 5.69 Å². The van der Waals surface area contributed by atoms with Gasteiger partial charge in [0.25, 0.3) is 0 Å². The van der Waals surface area contributed by atoms with Gasteiger partial charge in [-0.2, -0.15) is 0 Å². The summed E-state index contributed by atoms with van der Waals surface area (Å²) >= 11 is 0. The molecule has 0 saturated carbocycles. The predicted octanol–water partition coefficient (Wildman–Crippen LogP) is 1.63. The summed E-state index contributed by atoms with van der Waals surface area (Å²) in [6.45, 7) is 9.27. The maximum absolute atomic E-state index is 5.59. The Hall–Kier alpha value is -0.870. The molecule has 1 aliphatic rings. The van der Waals surface area contributed by atoms with E-state index in [0.29, 0.717) is 11.8 Å². The van der Waals surface area contributed by atoms with Crippen LogP contribution in [0.2, 0.25) is 0 Å². The molecule has 4 nitrogen and oxygen atoms in total. The van der Waals surface area contributed by atoms with E-state index < -0.39 is 0 Å². The average molecular weight is 237 g/mol. The normalized spacial score (nSPS) is 16.4. The molecule has 4 heteroatoms. The van der Waals surface area contributed by atoms with Crippen LogP contribution in [-0.4, -0.2) is 35.9 Å². The van der Waals surface area contributed by atoms with Crippen molar-refractivity contribution >= 4 is 0 Å². The fourth-order valence-corrected chi connectivity index (χ4v) is 2.01. The lowest BCUT2D eigenvalue weighted by Crippen LogP contribution is -2.40. The SMILES string of the molecule is CC(C)COCCCn1cncc1C1CNC1. The molecule has 0 unspecified atom stereocenters. The third-order valence-electron chi connectivity index (χ3n) is 3.08. The molecule has 1 fully saturated rings. The summed E-state index contributed by atoms with van der Waals surface area (Å²) in [6, 6.07) is 0. The summed E-state index contributed by atoms with van der Waals surface area (Å²) < 4.78 is 7.86. The first-order chi connectivity index (χ1) is 8.27. The van der Waals surface area contributed by atoms with Crippen molar-refractivity contribution in [3.63, 3.8) is 0 Å². The molecular formula is C13H23N3O. The number of imidazole rings is 1. The number of rotatable bonds is 7. The molecule has 1 aliphatic heterocycles. The Bertz CT molecular complexity index is 331. The van der Waals surface area contributed by atoms with E-state index in [9.17, 15) is 0 Å². The topological polar surface area (TPSA) is 39.1 Å². The minimum absolute atomic E-state index is 0.625. The zero-order valence-electron chi connectivity index (χ0n) is 10.9. The molecule has 0 aliphatic carbocycles. The molecule has 0 spiro atoms. The van der Waals surface area contributed by atoms with Gasteiger partial charge in [0.15, 0.2) is 0 Å². The lowest BCUT2D eigenvalue weighted by atomic mass is 10.00. The lowest BCUT2D eigenvalue weighted by molar-refractivity contribution is 0.105. The summed E-state index contributed by atoms with van der Waals surface area (Å²) in [4.78, 5) is 4.25. The van der Waals surface area contributed by atoms with Gasteiger partial charge in [0, 0.05) is 50.7 Å². The third-order valence-corrected chi connectivity index (χ3v) is 3.08. The van der Waals surface area contributed by atoms with Gasteiger partial charge in [-0.25, -0.2) is 4.98 Å². The smallest absolute Gasteiger partial charge is 0.0948 e. The van der Waals surface area contributed by atoms with Crippen LogP contribution in [0.25, 0.3) is 0 Å². The van der Waals surface area contributed by atoms with Crippen LogP contribution in [0, 0.1) is 5.92 Å². The van der Waals surface area contributed by atoms with Crippen LogP contribution in [0.15, 0.2) is 12.5 Å². The minimum Gasteiger partial charge on any atom is -0.381 e. The molecule has 1 aromatic rings. The summed E-state index contributed by atoms with van der Waals surface area (Å²) in [5.41, 5.74) is 1.37. The first-order valence-corrected chi connectivity index (χ1v) is 6.56. The monoisotopic (exact) mass is 237 g/mol. The van der Waals surface area contributed by atoms with Gasteiger partial charge < -0.3 is 14.6 Å². The molecule has 0 atom stereocenters. The summed E-state index contributed by atoms with van der Waals surface area (Å²) in [5.74, 6) is 1.29. The molecule has 0 amide bonds. The van der Waals surface area contributed by atoms with Crippen molar-refractivity contribution in [3.05, 3.63) is 18.2 Å². The summed E-state index contributed by atoms with van der Waals surface area (Å²) in [7, 11) is 0. The first-order valence-electron chi connectivity index (χ1n) is 6.56. The summed E-state index contributed by atoms with van der Waals surface area (Å²) in [6.07, 6.45) is 5.01. The Kier molecular flexibility index (Phi) is 4.57. The highest BCUT2D eigenvalue weighted by molar-refractivity contribution is 5.11. The number of hydrogen-bond acceptors (Lipinski definition) is 3. The van der Waals surface area contributed by atoms with Crippen molar-refractivity contribution in [1.29, 1.82) is 0 Å². The van der Waals surface area contributed by atoms with E-state index >= 15 is 0 Å². The number of nitrogens with zero attached hydrogens (tertiary/aromatic N) is 2. The van der Waals surface area contributed by atoms with Gasteiger partial charge >= 0.3 is 0 Å². The first kappa shape index (κ1) is 12.6. The van der Waals surface area contributed by atoms with Gasteiger partial charge in [-0.1, -0.05) is 13.8 Å².